The molecule has 0 atom stereocenters. The Kier molecular flexibility index (Phi) is 3.10. The molecule has 0 radical (unpaired) electrons. The fourth-order valence-corrected chi connectivity index (χ4v) is 0.966. The molecule has 1 aromatic rings. The lowest BCUT2D eigenvalue weighted by Crippen LogP contribution is -2.05. The van der Waals surface area contributed by atoms with Gasteiger partial charge in [0.1, 0.15) is 5.82 Å². The van der Waals surface area contributed by atoms with Gasteiger partial charge in [0.15, 0.2) is 0 Å². The third kappa shape index (κ3) is 2.81. The first-order valence-electron chi connectivity index (χ1n) is 3.88. The molecule has 5 heteroatoms. The molecule has 0 saturated carbocycles. The maximum Gasteiger partial charge on any atom is 0.416 e. The van der Waals surface area contributed by atoms with Crippen LogP contribution in [0.4, 0.5) is 17.6 Å². The summed E-state index contributed by atoms with van der Waals surface area (Å²) in [6.45, 7) is 0. The molecule has 1 rings (SSSR count). The summed E-state index contributed by atoms with van der Waals surface area (Å²) in [7, 11) is 0. The van der Waals surface area contributed by atoms with E-state index in [1.54, 1.807) is 6.07 Å². The van der Waals surface area contributed by atoms with Gasteiger partial charge >= 0.3 is 6.18 Å². The first-order chi connectivity index (χ1) is 6.95. The van der Waals surface area contributed by atoms with E-state index in [0.29, 0.717) is 6.07 Å². The zero-order valence-electron chi connectivity index (χ0n) is 7.35. The third-order valence-electron chi connectivity index (χ3n) is 1.67. The molecule has 0 amide bonds. The molecule has 0 aliphatic heterocycles. The van der Waals surface area contributed by atoms with Crippen molar-refractivity contribution in [2.45, 2.75) is 6.18 Å². The molecular formula is C10H5F4N. The van der Waals surface area contributed by atoms with Crippen molar-refractivity contribution < 1.29 is 17.6 Å². The van der Waals surface area contributed by atoms with Crippen LogP contribution in [0.15, 0.2) is 24.3 Å². The van der Waals surface area contributed by atoms with E-state index in [2.05, 4.69) is 0 Å². The first-order valence-corrected chi connectivity index (χ1v) is 3.88. The largest absolute Gasteiger partial charge is 0.416 e. The topological polar surface area (TPSA) is 23.8 Å². The number of benzene rings is 1. The zero-order valence-corrected chi connectivity index (χ0v) is 7.35. The minimum atomic E-state index is -4.56. The highest BCUT2D eigenvalue weighted by Crippen LogP contribution is 2.30. The lowest BCUT2D eigenvalue weighted by molar-refractivity contribution is -0.137. The maximum absolute atomic E-state index is 13.0. The molecule has 0 bridgehead atoms. The average molecular weight is 215 g/mol. The second kappa shape index (κ2) is 4.13. The molecule has 0 unspecified atom stereocenters. The van der Waals surface area contributed by atoms with Crippen molar-refractivity contribution in [3.63, 3.8) is 0 Å². The van der Waals surface area contributed by atoms with Gasteiger partial charge in [-0.1, -0.05) is 6.07 Å². The van der Waals surface area contributed by atoms with Gasteiger partial charge in [0.2, 0.25) is 0 Å². The predicted molar refractivity (Wildman–Crippen MR) is 46.0 cm³/mol. The van der Waals surface area contributed by atoms with Gasteiger partial charge in [0.05, 0.1) is 11.6 Å². The molecule has 0 N–H and O–H groups in total. The normalized spacial score (nSPS) is 11.7. The van der Waals surface area contributed by atoms with Crippen LogP contribution in [0.3, 0.4) is 0 Å². The van der Waals surface area contributed by atoms with Crippen LogP contribution in [0.25, 0.3) is 6.08 Å². The van der Waals surface area contributed by atoms with Crippen LogP contribution in [-0.4, -0.2) is 0 Å². The zero-order chi connectivity index (χ0) is 11.5. The Labute approximate surface area is 83.3 Å². The van der Waals surface area contributed by atoms with Gasteiger partial charge in [-0.05, 0) is 18.2 Å². The number of hydrogen-bond acceptors (Lipinski definition) is 1. The summed E-state index contributed by atoms with van der Waals surface area (Å²) in [5.74, 6) is -1.00. The summed E-state index contributed by atoms with van der Waals surface area (Å²) < 4.78 is 49.4. The van der Waals surface area contributed by atoms with Gasteiger partial charge in [-0.15, -0.1) is 0 Å². The number of alkyl halides is 3. The predicted octanol–water partition coefficient (Wildman–Crippen LogP) is 3.38. The van der Waals surface area contributed by atoms with Crippen LogP contribution in [-0.2, 0) is 6.18 Å². The smallest absolute Gasteiger partial charge is 0.206 e. The number of halogens is 4. The van der Waals surface area contributed by atoms with E-state index in [9.17, 15) is 17.6 Å². The summed E-state index contributed by atoms with van der Waals surface area (Å²) in [6, 6.07) is 3.76. The summed E-state index contributed by atoms with van der Waals surface area (Å²) >= 11 is 0. The van der Waals surface area contributed by atoms with Crippen LogP contribution in [0, 0.1) is 17.1 Å². The fraction of sp³-hybridized carbons (Fsp3) is 0.100. The third-order valence-corrected chi connectivity index (χ3v) is 1.67. The number of allylic oxidation sites excluding steroid dienone is 1. The van der Waals surface area contributed by atoms with Crippen molar-refractivity contribution in [1.29, 1.82) is 5.26 Å². The summed E-state index contributed by atoms with van der Waals surface area (Å²) in [5.41, 5.74) is -1.10. The Bertz CT molecular complexity index is 426. The number of hydrogen-bond donors (Lipinski definition) is 0. The molecule has 78 valence electrons. The van der Waals surface area contributed by atoms with Gasteiger partial charge in [-0.25, -0.2) is 4.39 Å². The van der Waals surface area contributed by atoms with Crippen molar-refractivity contribution >= 4 is 6.08 Å². The SMILES string of the molecule is N#CC=Cc1ccc(C(F)(F)F)cc1F. The Hall–Kier alpha value is -1.83. The summed E-state index contributed by atoms with van der Waals surface area (Å²) in [5, 5.41) is 8.16. The van der Waals surface area contributed by atoms with Crippen molar-refractivity contribution in [3.05, 3.63) is 41.2 Å². The van der Waals surface area contributed by atoms with Crippen molar-refractivity contribution in [2.24, 2.45) is 0 Å². The van der Waals surface area contributed by atoms with Crippen molar-refractivity contribution in [3.8, 4) is 6.07 Å². The molecule has 0 fully saturated rings. The monoisotopic (exact) mass is 215 g/mol. The van der Waals surface area contributed by atoms with E-state index in [4.69, 9.17) is 5.26 Å². The van der Waals surface area contributed by atoms with Crippen molar-refractivity contribution in [2.75, 3.05) is 0 Å². The van der Waals surface area contributed by atoms with Crippen LogP contribution < -0.4 is 0 Å². The fourth-order valence-electron chi connectivity index (χ4n) is 0.966. The van der Waals surface area contributed by atoms with E-state index in [-0.39, 0.29) is 5.56 Å². The van der Waals surface area contributed by atoms with Gasteiger partial charge in [-0.2, -0.15) is 18.4 Å². The molecule has 0 heterocycles. The quantitative estimate of drug-likeness (QED) is 0.520. The van der Waals surface area contributed by atoms with Crippen molar-refractivity contribution in [1.82, 2.24) is 0 Å². The lowest BCUT2D eigenvalue weighted by Gasteiger charge is -2.06. The second-order valence-electron chi connectivity index (χ2n) is 2.70. The standard InChI is InChI=1S/C10H5F4N/c11-9-6-8(10(12,13)14)4-3-7(9)2-1-5-15/h1-4,6H. The van der Waals surface area contributed by atoms with E-state index >= 15 is 0 Å². The molecule has 1 aromatic carbocycles. The number of nitriles is 1. The van der Waals surface area contributed by atoms with Gasteiger partial charge in [0, 0.05) is 11.6 Å². The highest BCUT2D eigenvalue weighted by atomic mass is 19.4. The minimum Gasteiger partial charge on any atom is -0.206 e. The van der Waals surface area contributed by atoms with Crippen LogP contribution in [0.1, 0.15) is 11.1 Å². The van der Waals surface area contributed by atoms with Gasteiger partial charge in [0.25, 0.3) is 0 Å². The number of nitrogens with zero attached hydrogens (tertiary/aromatic N) is 1. The Balaban J connectivity index is 3.10. The minimum absolute atomic E-state index is 0.0513. The second-order valence-corrected chi connectivity index (χ2v) is 2.70. The summed E-state index contributed by atoms with van der Waals surface area (Å²) in [4.78, 5) is 0. The molecule has 0 aliphatic rings. The highest BCUT2D eigenvalue weighted by molar-refractivity contribution is 5.53. The average Bonchev–Trinajstić information content (AvgIpc) is 2.14. The van der Waals surface area contributed by atoms with E-state index in [1.807, 2.05) is 0 Å². The van der Waals surface area contributed by atoms with E-state index < -0.39 is 17.6 Å². The molecular weight excluding hydrogens is 210 g/mol. The Morgan fingerprint density at radius 2 is 1.93 bits per heavy atom. The van der Waals surface area contributed by atoms with E-state index in [1.165, 1.54) is 0 Å². The molecule has 0 aromatic heterocycles. The molecule has 15 heavy (non-hydrogen) atoms. The van der Waals surface area contributed by atoms with Crippen LogP contribution in [0.2, 0.25) is 0 Å². The molecule has 0 spiro atoms. The van der Waals surface area contributed by atoms with E-state index in [0.717, 1.165) is 24.3 Å². The Morgan fingerprint density at radius 1 is 1.27 bits per heavy atom. The molecule has 0 saturated heterocycles. The lowest BCUT2D eigenvalue weighted by atomic mass is 10.1. The first kappa shape index (κ1) is 11.2. The van der Waals surface area contributed by atoms with Crippen LogP contribution >= 0.6 is 0 Å². The van der Waals surface area contributed by atoms with Gasteiger partial charge in [-0.3, -0.25) is 0 Å². The Morgan fingerprint density at radius 3 is 2.40 bits per heavy atom. The molecule has 1 nitrogen and oxygen atoms in total. The van der Waals surface area contributed by atoms with Gasteiger partial charge < -0.3 is 0 Å². The highest BCUT2D eigenvalue weighted by Gasteiger charge is 2.30. The number of rotatable bonds is 1. The molecule has 0 aliphatic carbocycles. The maximum atomic E-state index is 13.0. The summed E-state index contributed by atoms with van der Waals surface area (Å²) in [6.07, 6.45) is -2.46. The van der Waals surface area contributed by atoms with Crippen LogP contribution in [0.5, 0.6) is 0 Å².